The van der Waals surface area contributed by atoms with E-state index in [1.807, 2.05) is 0 Å². The van der Waals surface area contributed by atoms with Crippen LogP contribution in [0.15, 0.2) is 36.4 Å². The van der Waals surface area contributed by atoms with Gasteiger partial charge >= 0.3 is 0 Å². The van der Waals surface area contributed by atoms with Crippen LogP contribution < -0.4 is 10.5 Å². The Kier molecular flexibility index (Phi) is 4.79. The minimum absolute atomic E-state index is 0.392. The second-order valence-electron chi connectivity index (χ2n) is 8.00. The van der Waals surface area contributed by atoms with Crippen LogP contribution in [0.25, 0.3) is 10.8 Å². The molecule has 0 heterocycles. The maximum atomic E-state index is 6.27. The van der Waals surface area contributed by atoms with Gasteiger partial charge in [-0.25, -0.2) is 0 Å². The van der Waals surface area contributed by atoms with Crippen LogP contribution >= 0.6 is 0 Å². The number of ether oxygens (including phenoxy) is 1. The van der Waals surface area contributed by atoms with Gasteiger partial charge in [0.25, 0.3) is 0 Å². The molecule has 2 N–H and O–H groups in total. The van der Waals surface area contributed by atoms with E-state index in [9.17, 15) is 0 Å². The summed E-state index contributed by atoms with van der Waals surface area (Å²) in [6.07, 6.45) is 5.49. The van der Waals surface area contributed by atoms with Crippen LogP contribution in [0.2, 0.25) is 25.2 Å². The highest BCUT2D eigenvalue weighted by Gasteiger charge is 2.31. The molecule has 0 unspecified atom stereocenters. The fourth-order valence-corrected chi connectivity index (χ4v) is 5.78. The molecule has 0 radical (unpaired) electrons. The topological polar surface area (TPSA) is 35.2 Å². The molecule has 3 rings (SSSR count). The Labute approximate surface area is 141 Å². The molecule has 124 valence electrons. The molecule has 1 aliphatic carbocycles. The number of nitrogens with two attached hydrogens (primary N) is 1. The lowest BCUT2D eigenvalue weighted by Gasteiger charge is -2.35. The molecule has 2 nitrogen and oxygen atoms in total. The normalized spacial score (nSPS) is 22.3. The summed E-state index contributed by atoms with van der Waals surface area (Å²) in [5, 5.41) is 2.47. The first-order valence-electron chi connectivity index (χ1n) is 8.85. The molecule has 23 heavy (non-hydrogen) atoms. The van der Waals surface area contributed by atoms with Crippen molar-refractivity contribution in [2.24, 2.45) is 5.73 Å². The molecule has 0 aromatic heterocycles. The maximum Gasteiger partial charge on any atom is 0.120 e. The molecular formula is C20H29NOSi. The first kappa shape index (κ1) is 16.5. The van der Waals surface area contributed by atoms with Gasteiger partial charge in [0.1, 0.15) is 5.75 Å². The largest absolute Gasteiger partial charge is 0.490 e. The molecule has 1 aliphatic rings. The first-order chi connectivity index (χ1) is 11.0. The second kappa shape index (κ2) is 6.66. The van der Waals surface area contributed by atoms with E-state index in [4.69, 9.17) is 10.5 Å². The molecule has 3 heteroatoms. The van der Waals surface area contributed by atoms with Gasteiger partial charge in [-0.2, -0.15) is 0 Å². The predicted octanol–water partition coefficient (Wildman–Crippen LogP) is 5.33. The highest BCUT2D eigenvalue weighted by atomic mass is 28.3. The average Bonchev–Trinajstić information content (AvgIpc) is 2.54. The zero-order valence-corrected chi connectivity index (χ0v) is 15.6. The summed E-state index contributed by atoms with van der Waals surface area (Å²) in [7, 11) is -0.989. The van der Waals surface area contributed by atoms with Crippen LogP contribution in [0, 0.1) is 0 Å². The van der Waals surface area contributed by atoms with Crippen molar-refractivity contribution in [3.8, 4) is 5.75 Å². The number of rotatable bonds is 4. The van der Waals surface area contributed by atoms with Crippen LogP contribution in [-0.2, 0) is 6.54 Å². The Bertz CT molecular complexity index is 669. The second-order valence-corrected chi connectivity index (χ2v) is 13.6. The van der Waals surface area contributed by atoms with E-state index < -0.39 is 8.07 Å². The van der Waals surface area contributed by atoms with E-state index in [1.54, 1.807) is 0 Å². The van der Waals surface area contributed by atoms with Crippen LogP contribution in [0.1, 0.15) is 31.2 Å². The van der Waals surface area contributed by atoms with Crippen molar-refractivity contribution >= 4 is 18.8 Å². The molecule has 2 aromatic rings. The van der Waals surface area contributed by atoms with Crippen LogP contribution in [-0.4, -0.2) is 14.2 Å². The highest BCUT2D eigenvalue weighted by molar-refractivity contribution is 6.77. The third-order valence-electron chi connectivity index (χ3n) is 5.31. The maximum absolute atomic E-state index is 6.27. The minimum Gasteiger partial charge on any atom is -0.490 e. The van der Waals surface area contributed by atoms with Gasteiger partial charge < -0.3 is 10.5 Å². The number of hydrogen-bond acceptors (Lipinski definition) is 2. The summed E-state index contributed by atoms with van der Waals surface area (Å²) < 4.78 is 6.27. The minimum atomic E-state index is -0.989. The number of benzene rings is 2. The Balaban J connectivity index is 1.66. The van der Waals surface area contributed by atoms with Crippen molar-refractivity contribution in [2.75, 3.05) is 0 Å². The van der Waals surface area contributed by atoms with E-state index >= 15 is 0 Å². The molecular weight excluding hydrogens is 298 g/mol. The van der Waals surface area contributed by atoms with Gasteiger partial charge in [0.2, 0.25) is 0 Å². The Hall–Kier alpha value is -1.32. The van der Waals surface area contributed by atoms with Gasteiger partial charge in [-0.15, -0.1) is 0 Å². The first-order valence-corrected chi connectivity index (χ1v) is 12.4. The van der Waals surface area contributed by atoms with Gasteiger partial charge in [-0.1, -0.05) is 37.8 Å². The van der Waals surface area contributed by atoms with Gasteiger partial charge in [0.15, 0.2) is 0 Å². The van der Waals surface area contributed by atoms with E-state index in [2.05, 4.69) is 56.0 Å². The summed E-state index contributed by atoms with van der Waals surface area (Å²) in [5.41, 5.74) is 7.86. The molecule has 2 aromatic carbocycles. The molecule has 0 amide bonds. The zero-order valence-electron chi connectivity index (χ0n) is 14.6. The fraction of sp³-hybridized carbons (Fsp3) is 0.500. The Morgan fingerprint density at radius 2 is 1.61 bits per heavy atom. The van der Waals surface area contributed by atoms with E-state index in [0.717, 1.165) is 11.3 Å². The Morgan fingerprint density at radius 1 is 0.957 bits per heavy atom. The van der Waals surface area contributed by atoms with E-state index in [-0.39, 0.29) is 0 Å². The fourth-order valence-electron chi connectivity index (χ4n) is 3.71. The van der Waals surface area contributed by atoms with Crippen molar-refractivity contribution < 1.29 is 4.74 Å². The smallest absolute Gasteiger partial charge is 0.120 e. The van der Waals surface area contributed by atoms with Crippen molar-refractivity contribution in [3.05, 3.63) is 42.0 Å². The van der Waals surface area contributed by atoms with E-state index in [1.165, 1.54) is 42.0 Å². The molecule has 0 atom stereocenters. The van der Waals surface area contributed by atoms with Crippen molar-refractivity contribution in [1.82, 2.24) is 0 Å². The quantitative estimate of drug-likeness (QED) is 0.770. The van der Waals surface area contributed by atoms with Crippen molar-refractivity contribution in [3.63, 3.8) is 0 Å². The lowest BCUT2D eigenvalue weighted by atomic mass is 9.97. The lowest BCUT2D eigenvalue weighted by molar-refractivity contribution is 0.154. The van der Waals surface area contributed by atoms with Crippen molar-refractivity contribution in [2.45, 2.75) is 63.5 Å². The summed E-state index contributed by atoms with van der Waals surface area (Å²) >= 11 is 0. The Morgan fingerprint density at radius 3 is 2.26 bits per heavy atom. The van der Waals surface area contributed by atoms with Gasteiger partial charge in [-0.05, 0) is 65.8 Å². The lowest BCUT2D eigenvalue weighted by Crippen LogP contribution is -2.34. The summed E-state index contributed by atoms with van der Waals surface area (Å²) in [6, 6.07) is 12.8. The standard InChI is InChI=1S/C20H29NOSi/c1-23(2,3)20-10-8-18(9-11-20)22-19-7-6-16-12-15(14-21)4-5-17(16)13-19/h4-7,12-13,18,20H,8-11,14,21H2,1-3H3. The molecule has 0 bridgehead atoms. The summed E-state index contributed by atoms with van der Waals surface area (Å²) in [6.45, 7) is 8.09. The van der Waals surface area contributed by atoms with Gasteiger partial charge in [-0.3, -0.25) is 0 Å². The third kappa shape index (κ3) is 3.96. The summed E-state index contributed by atoms with van der Waals surface area (Å²) in [5.74, 6) is 1.01. The summed E-state index contributed by atoms with van der Waals surface area (Å²) in [4.78, 5) is 0. The van der Waals surface area contributed by atoms with Crippen LogP contribution in [0.3, 0.4) is 0 Å². The number of fused-ring (bicyclic) bond motifs is 1. The zero-order chi connectivity index (χ0) is 16.4. The van der Waals surface area contributed by atoms with Crippen molar-refractivity contribution in [1.29, 1.82) is 0 Å². The van der Waals surface area contributed by atoms with Gasteiger partial charge in [0, 0.05) is 14.6 Å². The predicted molar refractivity (Wildman–Crippen MR) is 102 cm³/mol. The van der Waals surface area contributed by atoms with E-state index in [0.29, 0.717) is 12.6 Å². The molecule has 1 fully saturated rings. The van der Waals surface area contributed by atoms with Crippen LogP contribution in [0.5, 0.6) is 5.75 Å². The number of hydrogen-bond donors (Lipinski definition) is 1. The third-order valence-corrected chi connectivity index (χ3v) is 8.34. The average molecular weight is 328 g/mol. The monoisotopic (exact) mass is 327 g/mol. The molecule has 0 spiro atoms. The molecule has 0 saturated heterocycles. The molecule has 0 aliphatic heterocycles. The SMILES string of the molecule is C[Si](C)(C)C1CCC(Oc2ccc3cc(CN)ccc3c2)CC1. The van der Waals surface area contributed by atoms with Gasteiger partial charge in [0.05, 0.1) is 6.10 Å². The highest BCUT2D eigenvalue weighted by Crippen LogP contribution is 2.38. The molecule has 1 saturated carbocycles. The van der Waals surface area contributed by atoms with Crippen LogP contribution in [0.4, 0.5) is 0 Å².